The quantitative estimate of drug-likeness (QED) is 0.898. The molecule has 3 rings (SSSR count). The number of piperidine rings is 1. The Morgan fingerprint density at radius 1 is 1.17 bits per heavy atom. The fourth-order valence-electron chi connectivity index (χ4n) is 3.17. The summed E-state index contributed by atoms with van der Waals surface area (Å²) in [5, 5.41) is 1.00. The van der Waals surface area contributed by atoms with Crippen LogP contribution in [0.5, 0.6) is 0 Å². The Morgan fingerprint density at radius 2 is 1.87 bits per heavy atom. The summed E-state index contributed by atoms with van der Waals surface area (Å²) in [5.74, 6) is 0. The normalized spacial score (nSPS) is 17.1. The van der Waals surface area contributed by atoms with Crippen molar-refractivity contribution in [1.29, 1.82) is 0 Å². The van der Waals surface area contributed by atoms with Crippen molar-refractivity contribution in [3.8, 4) is 11.3 Å². The number of halogens is 2. The summed E-state index contributed by atoms with van der Waals surface area (Å²) in [4.78, 5) is 17.7. The van der Waals surface area contributed by atoms with E-state index in [2.05, 4.69) is 23.7 Å². The van der Waals surface area contributed by atoms with Crippen LogP contribution < -0.4 is 5.69 Å². The van der Waals surface area contributed by atoms with Crippen molar-refractivity contribution in [2.24, 2.45) is 0 Å². The summed E-state index contributed by atoms with van der Waals surface area (Å²) in [6.45, 7) is 6.49. The van der Waals surface area contributed by atoms with Gasteiger partial charge in [0, 0.05) is 36.9 Å². The molecular formula is C17H21Cl2N3O. The van der Waals surface area contributed by atoms with Gasteiger partial charge in [0.25, 0.3) is 0 Å². The molecular weight excluding hydrogens is 333 g/mol. The van der Waals surface area contributed by atoms with Gasteiger partial charge in [0.2, 0.25) is 0 Å². The molecule has 23 heavy (non-hydrogen) atoms. The fourth-order valence-corrected chi connectivity index (χ4v) is 3.47. The number of H-pyrrole nitrogens is 1. The molecule has 0 aliphatic carbocycles. The third kappa shape index (κ3) is 3.49. The average molecular weight is 354 g/mol. The molecule has 1 aliphatic rings. The summed E-state index contributed by atoms with van der Waals surface area (Å²) in [6, 6.07) is 6.21. The Labute approximate surface area is 146 Å². The van der Waals surface area contributed by atoms with Crippen LogP contribution in [0.25, 0.3) is 11.3 Å². The minimum atomic E-state index is -0.0610. The SMILES string of the molecule is CC(C)N1CCC(n2cc(-c3ccc(Cl)c(Cl)c3)[nH]c2=O)CC1. The second-order valence-electron chi connectivity index (χ2n) is 6.37. The third-order valence-electron chi connectivity index (χ3n) is 4.60. The molecule has 0 amide bonds. The summed E-state index contributed by atoms with van der Waals surface area (Å²) < 4.78 is 1.83. The van der Waals surface area contributed by atoms with Gasteiger partial charge in [0.05, 0.1) is 15.7 Å². The molecule has 1 N–H and O–H groups in total. The van der Waals surface area contributed by atoms with Crippen molar-refractivity contribution in [3.05, 3.63) is 44.9 Å². The lowest BCUT2D eigenvalue weighted by Gasteiger charge is -2.34. The topological polar surface area (TPSA) is 41.0 Å². The maximum Gasteiger partial charge on any atom is 0.326 e. The van der Waals surface area contributed by atoms with Gasteiger partial charge in [0.15, 0.2) is 0 Å². The van der Waals surface area contributed by atoms with Gasteiger partial charge >= 0.3 is 5.69 Å². The molecule has 1 saturated heterocycles. The third-order valence-corrected chi connectivity index (χ3v) is 5.34. The smallest absolute Gasteiger partial charge is 0.306 e. The standard InChI is InChI=1S/C17H21Cl2N3O/c1-11(2)21-7-5-13(6-8-21)22-10-16(20-17(22)23)12-3-4-14(18)15(19)9-12/h3-4,9-11,13H,5-8H2,1-2H3,(H,20,23). The van der Waals surface area contributed by atoms with Crippen LogP contribution >= 0.6 is 23.2 Å². The number of hydrogen-bond donors (Lipinski definition) is 1. The summed E-state index contributed by atoms with van der Waals surface area (Å²) >= 11 is 12.0. The van der Waals surface area contributed by atoms with E-state index in [1.165, 1.54) is 0 Å². The minimum Gasteiger partial charge on any atom is -0.306 e. The van der Waals surface area contributed by atoms with Crippen molar-refractivity contribution < 1.29 is 0 Å². The van der Waals surface area contributed by atoms with E-state index in [1.54, 1.807) is 12.1 Å². The molecule has 0 unspecified atom stereocenters. The predicted octanol–water partition coefficient (Wildman–Crippen LogP) is 4.20. The number of hydrogen-bond acceptors (Lipinski definition) is 2. The Bertz CT molecular complexity index is 743. The lowest BCUT2D eigenvalue weighted by atomic mass is 10.0. The maximum atomic E-state index is 12.3. The molecule has 0 radical (unpaired) electrons. The summed E-state index contributed by atoms with van der Waals surface area (Å²) in [7, 11) is 0. The zero-order valence-electron chi connectivity index (χ0n) is 13.4. The first kappa shape index (κ1) is 16.6. The largest absolute Gasteiger partial charge is 0.326 e. The van der Waals surface area contributed by atoms with Gasteiger partial charge in [0.1, 0.15) is 0 Å². The van der Waals surface area contributed by atoms with E-state index in [0.29, 0.717) is 16.1 Å². The van der Waals surface area contributed by atoms with Crippen LogP contribution in [-0.4, -0.2) is 33.6 Å². The molecule has 1 aromatic carbocycles. The Hall–Kier alpha value is -1.23. The van der Waals surface area contributed by atoms with E-state index in [0.717, 1.165) is 37.2 Å². The van der Waals surface area contributed by atoms with E-state index in [-0.39, 0.29) is 11.7 Å². The summed E-state index contributed by atoms with van der Waals surface area (Å²) in [6.07, 6.45) is 3.89. The number of benzene rings is 1. The minimum absolute atomic E-state index is 0.0610. The molecule has 0 bridgehead atoms. The van der Waals surface area contributed by atoms with E-state index >= 15 is 0 Å². The first-order valence-corrected chi connectivity index (χ1v) is 8.72. The number of nitrogens with zero attached hydrogens (tertiary/aromatic N) is 2. The molecule has 6 heteroatoms. The highest BCUT2D eigenvalue weighted by Gasteiger charge is 2.23. The molecule has 124 valence electrons. The number of aromatic nitrogens is 2. The first-order valence-electron chi connectivity index (χ1n) is 7.96. The molecule has 0 saturated carbocycles. The number of aromatic amines is 1. The zero-order chi connectivity index (χ0) is 16.6. The number of imidazole rings is 1. The highest BCUT2D eigenvalue weighted by Crippen LogP contribution is 2.28. The molecule has 2 heterocycles. The van der Waals surface area contributed by atoms with Crippen LogP contribution in [0.3, 0.4) is 0 Å². The van der Waals surface area contributed by atoms with Gasteiger partial charge in [-0.2, -0.15) is 0 Å². The van der Waals surface area contributed by atoms with Crippen LogP contribution in [0, 0.1) is 0 Å². The van der Waals surface area contributed by atoms with E-state index in [1.807, 2.05) is 16.8 Å². The van der Waals surface area contributed by atoms with Crippen LogP contribution in [0.2, 0.25) is 10.0 Å². The molecule has 1 fully saturated rings. The van der Waals surface area contributed by atoms with Crippen molar-refractivity contribution in [1.82, 2.24) is 14.5 Å². The first-order chi connectivity index (χ1) is 11.0. The van der Waals surface area contributed by atoms with Crippen molar-refractivity contribution in [2.75, 3.05) is 13.1 Å². The predicted molar refractivity (Wildman–Crippen MR) is 95.5 cm³/mol. The van der Waals surface area contributed by atoms with Gasteiger partial charge in [-0.3, -0.25) is 4.57 Å². The Morgan fingerprint density at radius 3 is 2.48 bits per heavy atom. The Kier molecular flexibility index (Phi) is 4.85. The molecule has 0 atom stereocenters. The van der Waals surface area contributed by atoms with Crippen LogP contribution in [0.4, 0.5) is 0 Å². The van der Waals surface area contributed by atoms with E-state index in [9.17, 15) is 4.79 Å². The van der Waals surface area contributed by atoms with Gasteiger partial charge in [-0.25, -0.2) is 4.79 Å². The second-order valence-corrected chi connectivity index (χ2v) is 7.18. The van der Waals surface area contributed by atoms with Gasteiger partial charge < -0.3 is 9.88 Å². The maximum absolute atomic E-state index is 12.3. The highest BCUT2D eigenvalue weighted by molar-refractivity contribution is 6.42. The molecule has 1 aromatic heterocycles. The lowest BCUT2D eigenvalue weighted by Crippen LogP contribution is -2.40. The number of nitrogens with one attached hydrogen (secondary N) is 1. The van der Waals surface area contributed by atoms with E-state index in [4.69, 9.17) is 23.2 Å². The van der Waals surface area contributed by atoms with Gasteiger partial charge in [-0.05, 0) is 38.8 Å². The molecule has 2 aromatic rings. The fraction of sp³-hybridized carbons (Fsp3) is 0.471. The van der Waals surface area contributed by atoms with Crippen molar-refractivity contribution >= 4 is 23.2 Å². The molecule has 0 spiro atoms. The van der Waals surface area contributed by atoms with E-state index < -0.39 is 0 Å². The zero-order valence-corrected chi connectivity index (χ0v) is 14.9. The molecule has 4 nitrogen and oxygen atoms in total. The van der Waals surface area contributed by atoms with Crippen LogP contribution in [0.15, 0.2) is 29.2 Å². The van der Waals surface area contributed by atoms with Crippen LogP contribution in [0.1, 0.15) is 32.7 Å². The van der Waals surface area contributed by atoms with Crippen molar-refractivity contribution in [2.45, 2.75) is 38.8 Å². The van der Waals surface area contributed by atoms with Gasteiger partial charge in [-0.15, -0.1) is 0 Å². The summed E-state index contributed by atoms with van der Waals surface area (Å²) in [5.41, 5.74) is 1.59. The monoisotopic (exact) mass is 353 g/mol. The number of likely N-dealkylation sites (tertiary alicyclic amines) is 1. The molecule has 1 aliphatic heterocycles. The highest BCUT2D eigenvalue weighted by atomic mass is 35.5. The average Bonchev–Trinajstić information content (AvgIpc) is 2.92. The Balaban J connectivity index is 1.82. The second kappa shape index (κ2) is 6.71. The van der Waals surface area contributed by atoms with Crippen LogP contribution in [-0.2, 0) is 0 Å². The van der Waals surface area contributed by atoms with Gasteiger partial charge in [-0.1, -0.05) is 29.3 Å². The lowest BCUT2D eigenvalue weighted by molar-refractivity contribution is 0.151. The van der Waals surface area contributed by atoms with Crippen molar-refractivity contribution in [3.63, 3.8) is 0 Å². The number of rotatable bonds is 3.